The maximum atomic E-state index is 13.5. The Morgan fingerprint density at radius 3 is 2.38 bits per heavy atom. The highest BCUT2D eigenvalue weighted by Crippen LogP contribution is 2.28. The quantitative estimate of drug-likeness (QED) is 0.476. The Balaban J connectivity index is 1.44. The van der Waals surface area contributed by atoms with Crippen LogP contribution in [0.2, 0.25) is 0 Å². The molecule has 0 aromatic heterocycles. The van der Waals surface area contributed by atoms with Crippen molar-refractivity contribution in [3.8, 4) is 5.75 Å². The van der Waals surface area contributed by atoms with Crippen molar-refractivity contribution in [2.75, 3.05) is 63.1 Å². The van der Waals surface area contributed by atoms with Gasteiger partial charge >= 0.3 is 0 Å². The van der Waals surface area contributed by atoms with E-state index in [9.17, 15) is 14.0 Å². The van der Waals surface area contributed by atoms with Gasteiger partial charge in [0.15, 0.2) is 5.11 Å². The third-order valence-electron chi connectivity index (χ3n) is 6.70. The number of piperazine rings is 1. The highest BCUT2D eigenvalue weighted by molar-refractivity contribution is 7.80. The molecule has 2 aromatic rings. The normalized spacial score (nSPS) is 18.9. The first kappa shape index (κ1) is 27.0. The second-order valence-corrected chi connectivity index (χ2v) is 9.72. The number of nitrogens with one attached hydrogen (secondary N) is 1. The fourth-order valence-corrected chi connectivity index (χ4v) is 5.05. The molecule has 2 aliphatic heterocycles. The molecule has 0 radical (unpaired) electrons. The van der Waals surface area contributed by atoms with Gasteiger partial charge in [0, 0.05) is 38.4 Å². The lowest BCUT2D eigenvalue weighted by atomic mass is 10.1. The third kappa shape index (κ3) is 6.82. The summed E-state index contributed by atoms with van der Waals surface area (Å²) in [4.78, 5) is 34.5. The van der Waals surface area contributed by atoms with Gasteiger partial charge in [0.2, 0.25) is 5.91 Å². The molecule has 37 heavy (non-hydrogen) atoms. The van der Waals surface area contributed by atoms with E-state index in [4.69, 9.17) is 17.0 Å². The van der Waals surface area contributed by atoms with Crippen molar-refractivity contribution >= 4 is 40.5 Å². The molecule has 4 rings (SSSR count). The van der Waals surface area contributed by atoms with E-state index in [0.29, 0.717) is 29.6 Å². The summed E-state index contributed by atoms with van der Waals surface area (Å²) in [6.45, 7) is 8.00. The SMILES string of the molecule is CCOc1ccc(NC(=O)C[C@@H]2C(=O)N(c3ccc(F)cc3)C(=S)N2CCCN2CCN(C)CC2)cc1. The lowest BCUT2D eigenvalue weighted by molar-refractivity contribution is -0.124. The molecule has 0 aliphatic carbocycles. The van der Waals surface area contributed by atoms with Crippen molar-refractivity contribution < 1.29 is 18.7 Å². The monoisotopic (exact) mass is 527 g/mol. The molecule has 0 saturated carbocycles. The molecular formula is C27H34FN5O3S. The lowest BCUT2D eigenvalue weighted by Crippen LogP contribution is -2.45. The highest BCUT2D eigenvalue weighted by Gasteiger charge is 2.43. The van der Waals surface area contributed by atoms with Gasteiger partial charge in [-0.25, -0.2) is 4.39 Å². The van der Waals surface area contributed by atoms with Gasteiger partial charge in [-0.2, -0.15) is 0 Å². The number of rotatable bonds is 10. The van der Waals surface area contributed by atoms with Crippen molar-refractivity contribution in [1.82, 2.24) is 14.7 Å². The van der Waals surface area contributed by atoms with Gasteiger partial charge in [-0.05, 0) is 87.7 Å². The maximum Gasteiger partial charge on any atom is 0.256 e. The van der Waals surface area contributed by atoms with Crippen LogP contribution >= 0.6 is 12.2 Å². The van der Waals surface area contributed by atoms with E-state index in [2.05, 4.69) is 22.2 Å². The summed E-state index contributed by atoms with van der Waals surface area (Å²) >= 11 is 5.71. The molecule has 2 fully saturated rings. The number of halogens is 1. The standard InChI is InChI=1S/C27H34FN5O3S/c1-3-36-23-11-7-21(8-12-23)29-25(34)19-24-26(35)33(22-9-5-20(28)6-10-22)27(37)32(24)14-4-13-31-17-15-30(2)16-18-31/h5-12,24H,3-4,13-19H2,1-2H3,(H,29,34)/t24-/m1/s1. The maximum absolute atomic E-state index is 13.5. The van der Waals surface area contributed by atoms with Crippen molar-refractivity contribution in [3.05, 3.63) is 54.3 Å². The smallest absolute Gasteiger partial charge is 0.256 e. The second kappa shape index (κ2) is 12.4. The zero-order chi connectivity index (χ0) is 26.4. The summed E-state index contributed by atoms with van der Waals surface area (Å²) in [5.74, 6) is -0.233. The second-order valence-electron chi connectivity index (χ2n) is 9.35. The van der Waals surface area contributed by atoms with E-state index in [1.54, 1.807) is 24.3 Å². The Kier molecular flexibility index (Phi) is 9.07. The van der Waals surface area contributed by atoms with Gasteiger partial charge in [0.1, 0.15) is 17.6 Å². The topological polar surface area (TPSA) is 68.4 Å². The average Bonchev–Trinajstić information content (AvgIpc) is 3.11. The molecule has 0 unspecified atom stereocenters. The summed E-state index contributed by atoms with van der Waals surface area (Å²) in [5, 5.41) is 3.21. The number of carbonyl (C=O) groups is 2. The molecule has 1 atom stereocenters. The van der Waals surface area contributed by atoms with E-state index >= 15 is 0 Å². The van der Waals surface area contributed by atoms with Gasteiger partial charge in [-0.1, -0.05) is 0 Å². The molecule has 2 heterocycles. The van der Waals surface area contributed by atoms with E-state index in [-0.39, 0.29) is 18.2 Å². The van der Waals surface area contributed by atoms with Gasteiger partial charge in [-0.3, -0.25) is 14.5 Å². The van der Waals surface area contributed by atoms with Crippen LogP contribution in [-0.4, -0.2) is 90.6 Å². The molecule has 2 aromatic carbocycles. The van der Waals surface area contributed by atoms with Crippen LogP contribution < -0.4 is 15.0 Å². The van der Waals surface area contributed by atoms with E-state index in [1.165, 1.54) is 29.2 Å². The van der Waals surface area contributed by atoms with Crippen LogP contribution in [0.5, 0.6) is 5.75 Å². The number of anilines is 2. The largest absolute Gasteiger partial charge is 0.494 e. The molecule has 8 nitrogen and oxygen atoms in total. The Morgan fingerprint density at radius 2 is 1.73 bits per heavy atom. The highest BCUT2D eigenvalue weighted by atomic mass is 32.1. The van der Waals surface area contributed by atoms with Crippen molar-refractivity contribution in [2.45, 2.75) is 25.8 Å². The predicted octanol–water partition coefficient (Wildman–Crippen LogP) is 3.19. The minimum atomic E-state index is -0.729. The first-order chi connectivity index (χ1) is 17.9. The molecule has 0 bridgehead atoms. The molecule has 2 aliphatic rings. The number of hydrogen-bond donors (Lipinski definition) is 1. The van der Waals surface area contributed by atoms with E-state index < -0.39 is 11.9 Å². The number of benzene rings is 2. The molecule has 1 N–H and O–H groups in total. The number of ether oxygens (including phenoxy) is 1. The van der Waals surface area contributed by atoms with Crippen LogP contribution in [0.4, 0.5) is 15.8 Å². The predicted molar refractivity (Wildman–Crippen MR) is 146 cm³/mol. The minimum Gasteiger partial charge on any atom is -0.494 e. The summed E-state index contributed by atoms with van der Waals surface area (Å²) in [5.41, 5.74) is 1.12. The van der Waals surface area contributed by atoms with Crippen molar-refractivity contribution in [3.63, 3.8) is 0 Å². The number of thiocarbonyl (C=S) groups is 1. The molecule has 10 heteroatoms. The van der Waals surface area contributed by atoms with Gasteiger partial charge in [0.25, 0.3) is 5.91 Å². The summed E-state index contributed by atoms with van der Waals surface area (Å²) < 4.78 is 19.0. The first-order valence-electron chi connectivity index (χ1n) is 12.7. The Bertz CT molecular complexity index is 1090. The van der Waals surface area contributed by atoms with Crippen LogP contribution in [-0.2, 0) is 9.59 Å². The van der Waals surface area contributed by atoms with Gasteiger partial charge in [-0.15, -0.1) is 0 Å². The van der Waals surface area contributed by atoms with Crippen LogP contribution in [0.25, 0.3) is 0 Å². The summed E-state index contributed by atoms with van der Waals surface area (Å²) in [6, 6.07) is 12.0. The Hall–Kier alpha value is -3.08. The number of hydrogen-bond acceptors (Lipinski definition) is 6. The van der Waals surface area contributed by atoms with Crippen molar-refractivity contribution in [2.24, 2.45) is 0 Å². The molecule has 0 spiro atoms. The zero-order valence-corrected chi connectivity index (χ0v) is 22.2. The molecule has 2 amide bonds. The number of carbonyl (C=O) groups excluding carboxylic acids is 2. The average molecular weight is 528 g/mol. The molecule has 2 saturated heterocycles. The zero-order valence-electron chi connectivity index (χ0n) is 21.4. The van der Waals surface area contributed by atoms with Gasteiger partial charge in [0.05, 0.1) is 18.7 Å². The van der Waals surface area contributed by atoms with E-state index in [1.807, 2.05) is 11.8 Å². The fraction of sp³-hybridized carbons (Fsp3) is 0.444. The summed E-state index contributed by atoms with van der Waals surface area (Å²) in [7, 11) is 2.12. The fourth-order valence-electron chi connectivity index (χ4n) is 4.64. The van der Waals surface area contributed by atoms with Crippen LogP contribution in [0.3, 0.4) is 0 Å². The summed E-state index contributed by atoms with van der Waals surface area (Å²) in [6.07, 6.45) is 0.768. The van der Waals surface area contributed by atoms with Gasteiger partial charge < -0.3 is 24.8 Å². The molecule has 198 valence electrons. The Labute approximate surface area is 223 Å². The lowest BCUT2D eigenvalue weighted by Gasteiger charge is -2.33. The van der Waals surface area contributed by atoms with Crippen LogP contribution in [0, 0.1) is 5.82 Å². The number of likely N-dealkylation sites (N-methyl/N-ethyl adjacent to an activating group) is 1. The van der Waals surface area contributed by atoms with Crippen LogP contribution in [0.1, 0.15) is 19.8 Å². The third-order valence-corrected chi connectivity index (χ3v) is 7.12. The van der Waals surface area contributed by atoms with E-state index in [0.717, 1.165) is 44.9 Å². The number of amides is 2. The Morgan fingerprint density at radius 1 is 1.05 bits per heavy atom. The molecular weight excluding hydrogens is 493 g/mol. The van der Waals surface area contributed by atoms with Crippen LogP contribution in [0.15, 0.2) is 48.5 Å². The first-order valence-corrected chi connectivity index (χ1v) is 13.1. The number of nitrogens with zero attached hydrogens (tertiary/aromatic N) is 4. The minimum absolute atomic E-state index is 0.0433. The van der Waals surface area contributed by atoms with Crippen molar-refractivity contribution in [1.29, 1.82) is 0 Å².